The van der Waals surface area contributed by atoms with E-state index in [4.69, 9.17) is 23.2 Å². The number of imidazole rings is 1. The molecule has 0 aromatic carbocycles. The van der Waals surface area contributed by atoms with Crippen LogP contribution in [0.2, 0.25) is 5.28 Å². The summed E-state index contributed by atoms with van der Waals surface area (Å²) in [6.07, 6.45) is 0.348. The second kappa shape index (κ2) is 4.59. The molecule has 1 aromatic heterocycles. The van der Waals surface area contributed by atoms with Gasteiger partial charge in [-0.3, -0.25) is 4.57 Å². The summed E-state index contributed by atoms with van der Waals surface area (Å²) < 4.78 is 1.27. The third kappa shape index (κ3) is 2.57. The molecule has 1 rings (SSSR count). The molecule has 0 unspecified atom stereocenters. The molecule has 0 fully saturated rings. The summed E-state index contributed by atoms with van der Waals surface area (Å²) in [5.41, 5.74) is 0. The number of aliphatic hydroxyl groups excluding tert-OH is 1. The molecule has 0 radical (unpaired) electrons. The average molecular weight is 240 g/mol. The van der Waals surface area contributed by atoms with Crippen LogP contribution in [-0.2, 0) is 6.54 Å². The number of aliphatic hydroxyl groups is 1. The molecule has 8 heteroatoms. The van der Waals surface area contributed by atoms with Gasteiger partial charge in [0.15, 0.2) is 0 Å². The lowest BCUT2D eigenvalue weighted by Gasteiger charge is -2.05. The molecule has 1 heterocycles. The highest BCUT2D eigenvalue weighted by molar-refractivity contribution is 6.28. The minimum atomic E-state index is -0.803. The highest BCUT2D eigenvalue weighted by atomic mass is 35.5. The van der Waals surface area contributed by atoms with E-state index in [1.165, 1.54) is 4.57 Å². The van der Waals surface area contributed by atoms with E-state index < -0.39 is 11.0 Å². The van der Waals surface area contributed by atoms with Crippen LogP contribution >= 0.6 is 23.2 Å². The van der Waals surface area contributed by atoms with Gasteiger partial charge in [-0.15, -0.1) is 11.6 Å². The van der Waals surface area contributed by atoms with E-state index in [0.29, 0.717) is 0 Å². The van der Waals surface area contributed by atoms with Crippen LogP contribution in [0.3, 0.4) is 0 Å². The van der Waals surface area contributed by atoms with Crippen molar-refractivity contribution in [2.75, 3.05) is 5.88 Å². The Morgan fingerprint density at radius 2 is 2.43 bits per heavy atom. The Hall–Kier alpha value is -0.850. The first kappa shape index (κ1) is 11.2. The first-order chi connectivity index (χ1) is 6.54. The third-order valence-electron chi connectivity index (χ3n) is 1.49. The van der Waals surface area contributed by atoms with Gasteiger partial charge in [-0.25, -0.2) is 0 Å². The average Bonchev–Trinajstić information content (AvgIpc) is 2.48. The van der Waals surface area contributed by atoms with Crippen LogP contribution in [0.15, 0.2) is 6.20 Å². The Labute approximate surface area is 89.2 Å². The fourth-order valence-corrected chi connectivity index (χ4v) is 1.17. The maximum Gasteiger partial charge on any atom is 0.383 e. The molecule has 0 amide bonds. The zero-order valence-corrected chi connectivity index (χ0v) is 8.44. The van der Waals surface area contributed by atoms with Crippen LogP contribution in [0.4, 0.5) is 5.82 Å². The number of halogens is 2. The lowest BCUT2D eigenvalue weighted by Crippen LogP contribution is -2.16. The molecule has 0 aliphatic carbocycles. The van der Waals surface area contributed by atoms with Gasteiger partial charge in [0, 0.05) is 0 Å². The molecule has 0 aliphatic rings. The van der Waals surface area contributed by atoms with Crippen LogP contribution < -0.4 is 0 Å². The minimum Gasteiger partial charge on any atom is -0.390 e. The Morgan fingerprint density at radius 3 is 2.86 bits per heavy atom. The van der Waals surface area contributed by atoms with Crippen molar-refractivity contribution >= 4 is 29.0 Å². The molecule has 0 bridgehead atoms. The maximum absolute atomic E-state index is 10.3. The monoisotopic (exact) mass is 239 g/mol. The van der Waals surface area contributed by atoms with Crippen molar-refractivity contribution < 1.29 is 10.0 Å². The summed E-state index contributed by atoms with van der Waals surface area (Å²) in [6.45, 7) is 0.0865. The number of alkyl halides is 1. The van der Waals surface area contributed by atoms with Crippen LogP contribution in [-0.4, -0.2) is 31.6 Å². The van der Waals surface area contributed by atoms with Crippen molar-refractivity contribution in [3.63, 3.8) is 0 Å². The second-order valence-corrected chi connectivity index (χ2v) is 3.23. The largest absolute Gasteiger partial charge is 0.390 e. The summed E-state index contributed by atoms with van der Waals surface area (Å²) in [5.74, 6) is -0.320. The second-order valence-electron chi connectivity index (χ2n) is 2.59. The van der Waals surface area contributed by atoms with E-state index in [1.807, 2.05) is 0 Å². The SMILES string of the molecule is O=[N+]([O-])c1cn(C[C@H](O)CCl)c(Cl)n1. The summed E-state index contributed by atoms with van der Waals surface area (Å²) in [7, 11) is 0. The highest BCUT2D eigenvalue weighted by Gasteiger charge is 2.18. The summed E-state index contributed by atoms with van der Waals surface area (Å²) >= 11 is 10.9. The summed E-state index contributed by atoms with van der Waals surface area (Å²) in [4.78, 5) is 13.1. The zero-order valence-electron chi connectivity index (χ0n) is 6.93. The van der Waals surface area contributed by atoms with E-state index >= 15 is 0 Å². The summed E-state index contributed by atoms with van der Waals surface area (Å²) in [5, 5.41) is 19.4. The first-order valence-corrected chi connectivity index (χ1v) is 4.57. The van der Waals surface area contributed by atoms with Crippen molar-refractivity contribution in [2.24, 2.45) is 0 Å². The normalized spacial score (nSPS) is 12.8. The Kier molecular flexibility index (Phi) is 3.68. The number of nitro groups is 1. The molecule has 0 spiro atoms. The fraction of sp³-hybridized carbons (Fsp3) is 0.500. The highest BCUT2D eigenvalue weighted by Crippen LogP contribution is 2.15. The van der Waals surface area contributed by atoms with Crippen LogP contribution in [0, 0.1) is 10.1 Å². The van der Waals surface area contributed by atoms with Crippen molar-refractivity contribution in [1.82, 2.24) is 9.55 Å². The van der Waals surface area contributed by atoms with Crippen molar-refractivity contribution in [3.05, 3.63) is 21.6 Å². The molecule has 0 saturated heterocycles. The van der Waals surface area contributed by atoms with Crippen LogP contribution in [0.1, 0.15) is 0 Å². The molecule has 6 nitrogen and oxygen atoms in total. The molecule has 1 N–H and O–H groups in total. The predicted molar refractivity (Wildman–Crippen MR) is 50.6 cm³/mol. The van der Waals surface area contributed by atoms with Gasteiger partial charge in [-0.05, 0) is 21.5 Å². The number of aromatic nitrogens is 2. The van der Waals surface area contributed by atoms with E-state index in [1.54, 1.807) is 0 Å². The molecule has 14 heavy (non-hydrogen) atoms. The molecule has 0 aliphatic heterocycles. The first-order valence-electron chi connectivity index (χ1n) is 3.65. The smallest absolute Gasteiger partial charge is 0.383 e. The Balaban J connectivity index is 2.82. The van der Waals surface area contributed by atoms with Crippen molar-refractivity contribution in [3.8, 4) is 0 Å². The Bertz CT molecular complexity index is 341. The Morgan fingerprint density at radius 1 is 1.79 bits per heavy atom. The number of nitrogens with zero attached hydrogens (tertiary/aromatic N) is 3. The van der Waals surface area contributed by atoms with Gasteiger partial charge in [-0.2, -0.15) is 0 Å². The molecule has 1 aromatic rings. The number of rotatable bonds is 4. The van der Waals surface area contributed by atoms with Gasteiger partial charge in [0.1, 0.15) is 6.20 Å². The molecule has 78 valence electrons. The van der Waals surface area contributed by atoms with E-state index in [-0.39, 0.29) is 23.5 Å². The van der Waals surface area contributed by atoms with Gasteiger partial charge in [0.25, 0.3) is 0 Å². The lowest BCUT2D eigenvalue weighted by atomic mass is 10.4. The van der Waals surface area contributed by atoms with Gasteiger partial charge in [0.05, 0.1) is 18.5 Å². The van der Waals surface area contributed by atoms with Gasteiger partial charge in [-0.1, -0.05) is 0 Å². The van der Waals surface area contributed by atoms with E-state index in [9.17, 15) is 15.2 Å². The fourth-order valence-electron chi connectivity index (χ4n) is 0.872. The molecular weight excluding hydrogens is 233 g/mol. The topological polar surface area (TPSA) is 81.2 Å². The molecule has 1 atom stereocenters. The zero-order chi connectivity index (χ0) is 10.7. The predicted octanol–water partition coefficient (Wildman–Crippen LogP) is 1.04. The third-order valence-corrected chi connectivity index (χ3v) is 2.15. The standard InChI is InChI=1S/C6H7Cl2N3O3/c7-1-4(12)2-10-3-5(11(13)14)9-6(10)8/h3-4,12H,1-2H2/t4-/m1/s1. The number of hydrogen-bond donors (Lipinski definition) is 1. The molecule has 0 saturated carbocycles. The van der Waals surface area contributed by atoms with Crippen molar-refractivity contribution in [1.29, 1.82) is 0 Å². The van der Waals surface area contributed by atoms with Gasteiger partial charge in [0.2, 0.25) is 0 Å². The lowest BCUT2D eigenvalue weighted by molar-refractivity contribution is -0.389. The van der Waals surface area contributed by atoms with Crippen molar-refractivity contribution in [2.45, 2.75) is 12.6 Å². The quantitative estimate of drug-likeness (QED) is 0.484. The number of hydrogen-bond acceptors (Lipinski definition) is 4. The summed E-state index contributed by atoms with van der Waals surface area (Å²) in [6, 6.07) is 0. The minimum absolute atomic E-state index is 0.0301. The van der Waals surface area contributed by atoms with E-state index in [2.05, 4.69) is 4.98 Å². The van der Waals surface area contributed by atoms with E-state index in [0.717, 1.165) is 6.20 Å². The van der Waals surface area contributed by atoms with Crippen LogP contribution in [0.25, 0.3) is 0 Å². The van der Waals surface area contributed by atoms with Gasteiger partial charge < -0.3 is 15.2 Å². The van der Waals surface area contributed by atoms with Gasteiger partial charge >= 0.3 is 11.1 Å². The van der Waals surface area contributed by atoms with Crippen LogP contribution in [0.5, 0.6) is 0 Å². The molecular formula is C6H7Cl2N3O3. The maximum atomic E-state index is 10.3.